The molecule has 2 heterocycles. The van der Waals surface area contributed by atoms with E-state index in [2.05, 4.69) is 27.5 Å². The summed E-state index contributed by atoms with van der Waals surface area (Å²) in [4.78, 5) is 21.0. The minimum Gasteiger partial charge on any atom is -0.366 e. The fraction of sp³-hybridized carbons (Fsp3) is 0.179. The van der Waals surface area contributed by atoms with Crippen LogP contribution in [0.15, 0.2) is 85.6 Å². The number of nitrogens with one attached hydrogen (secondary N) is 3. The molecule has 3 aromatic carbocycles. The number of morpholine rings is 1. The van der Waals surface area contributed by atoms with E-state index in [9.17, 15) is 4.79 Å². The van der Waals surface area contributed by atoms with Crippen molar-refractivity contribution in [3.05, 3.63) is 91.1 Å². The molecule has 1 saturated heterocycles. The van der Waals surface area contributed by atoms with Crippen molar-refractivity contribution in [2.75, 3.05) is 36.9 Å². The molecule has 8 heteroatoms. The maximum Gasteiger partial charge on any atom is 0.247 e. The van der Waals surface area contributed by atoms with Gasteiger partial charge < -0.3 is 26.4 Å². The highest BCUT2D eigenvalue weighted by Gasteiger charge is 2.33. The molecule has 0 bridgehead atoms. The van der Waals surface area contributed by atoms with E-state index in [-0.39, 0.29) is 5.91 Å². The van der Waals surface area contributed by atoms with Crippen molar-refractivity contribution in [1.82, 2.24) is 15.3 Å². The van der Waals surface area contributed by atoms with Gasteiger partial charge in [0.2, 0.25) is 11.9 Å². The lowest BCUT2D eigenvalue weighted by molar-refractivity contribution is -0.111. The maximum atomic E-state index is 11.7. The first kappa shape index (κ1) is 23.6. The fourth-order valence-corrected chi connectivity index (χ4v) is 4.39. The summed E-state index contributed by atoms with van der Waals surface area (Å²) >= 11 is 0. The van der Waals surface area contributed by atoms with Gasteiger partial charge in [-0.05, 0) is 41.5 Å². The molecule has 0 saturated carbocycles. The molecule has 0 radical (unpaired) electrons. The summed E-state index contributed by atoms with van der Waals surface area (Å²) in [6.07, 6.45) is 3.05. The van der Waals surface area contributed by atoms with Gasteiger partial charge in [-0.2, -0.15) is 0 Å². The Kier molecular flexibility index (Phi) is 6.73. The van der Waals surface area contributed by atoms with E-state index in [4.69, 9.17) is 15.5 Å². The molecule has 1 aliphatic heterocycles. The Morgan fingerprint density at radius 3 is 2.72 bits per heavy atom. The van der Waals surface area contributed by atoms with E-state index in [0.29, 0.717) is 31.3 Å². The Hall–Kier alpha value is -4.11. The topological polar surface area (TPSA) is 114 Å². The molecule has 1 amide bonds. The number of nitrogens with zero attached hydrogens (tertiary/aromatic N) is 2. The molecular formula is C28H28N6O2. The third kappa shape index (κ3) is 4.83. The zero-order valence-electron chi connectivity index (χ0n) is 19.8. The lowest BCUT2D eigenvalue weighted by atomic mass is 9.92. The zero-order chi connectivity index (χ0) is 25.0. The van der Waals surface area contributed by atoms with Crippen LogP contribution in [-0.4, -0.2) is 42.1 Å². The number of ether oxygens (including phenoxy) is 1. The Bertz CT molecular complexity index is 1400. The van der Waals surface area contributed by atoms with E-state index in [1.807, 2.05) is 66.7 Å². The number of para-hydroxylation sites is 1. The van der Waals surface area contributed by atoms with E-state index in [1.54, 1.807) is 6.20 Å². The number of nitrogens with two attached hydrogens (primary N) is 1. The minimum atomic E-state index is -0.509. The largest absolute Gasteiger partial charge is 0.366 e. The van der Waals surface area contributed by atoms with Crippen LogP contribution in [0.1, 0.15) is 5.56 Å². The molecule has 5 rings (SSSR count). The summed E-state index contributed by atoms with van der Waals surface area (Å²) in [5.41, 5.74) is 10.8. The van der Waals surface area contributed by atoms with Crippen molar-refractivity contribution < 1.29 is 9.53 Å². The average molecular weight is 481 g/mol. The molecule has 36 heavy (non-hydrogen) atoms. The smallest absolute Gasteiger partial charge is 0.247 e. The van der Waals surface area contributed by atoms with E-state index < -0.39 is 5.60 Å². The molecule has 0 unspecified atom stereocenters. The Balaban J connectivity index is 1.42. The number of fused-ring (bicyclic) bond motifs is 1. The second-order valence-electron chi connectivity index (χ2n) is 8.64. The SMILES string of the molecule is C=CC(=O)Nc1cccc(-c2cccc3cnc(Nc4ccc([C@@]5(CN)CNCCO5)cc4)nc23)c1. The first-order valence-corrected chi connectivity index (χ1v) is 11.8. The lowest BCUT2D eigenvalue weighted by Crippen LogP contribution is -2.51. The Morgan fingerprint density at radius 2 is 1.97 bits per heavy atom. The van der Waals surface area contributed by atoms with Crippen LogP contribution in [0.3, 0.4) is 0 Å². The quantitative estimate of drug-likeness (QED) is 0.296. The van der Waals surface area contributed by atoms with Gasteiger partial charge in [0, 0.05) is 48.2 Å². The second kappa shape index (κ2) is 10.2. The predicted octanol–water partition coefficient (Wildman–Crippen LogP) is 3.94. The van der Waals surface area contributed by atoms with Crippen LogP contribution in [-0.2, 0) is 15.1 Å². The predicted molar refractivity (Wildman–Crippen MR) is 143 cm³/mol. The molecule has 182 valence electrons. The normalized spacial score (nSPS) is 17.5. The van der Waals surface area contributed by atoms with Crippen LogP contribution in [0.4, 0.5) is 17.3 Å². The van der Waals surface area contributed by atoms with Gasteiger partial charge in [-0.1, -0.05) is 49.0 Å². The van der Waals surface area contributed by atoms with Gasteiger partial charge >= 0.3 is 0 Å². The molecule has 0 aliphatic carbocycles. The van der Waals surface area contributed by atoms with Crippen molar-refractivity contribution >= 4 is 34.1 Å². The van der Waals surface area contributed by atoms with Gasteiger partial charge in [-0.3, -0.25) is 4.79 Å². The Morgan fingerprint density at radius 1 is 1.14 bits per heavy atom. The number of benzene rings is 3. The van der Waals surface area contributed by atoms with Crippen LogP contribution in [0.2, 0.25) is 0 Å². The van der Waals surface area contributed by atoms with E-state index >= 15 is 0 Å². The van der Waals surface area contributed by atoms with E-state index in [1.165, 1.54) is 6.08 Å². The van der Waals surface area contributed by atoms with Crippen LogP contribution in [0, 0.1) is 0 Å². The molecule has 0 spiro atoms. The highest BCUT2D eigenvalue weighted by atomic mass is 16.5. The average Bonchev–Trinajstić information content (AvgIpc) is 2.93. The van der Waals surface area contributed by atoms with Crippen LogP contribution >= 0.6 is 0 Å². The number of hydrogen-bond acceptors (Lipinski definition) is 7. The zero-order valence-corrected chi connectivity index (χ0v) is 19.8. The second-order valence-corrected chi connectivity index (χ2v) is 8.64. The van der Waals surface area contributed by atoms with Crippen molar-refractivity contribution in [3.8, 4) is 11.1 Å². The van der Waals surface area contributed by atoms with Crippen LogP contribution < -0.4 is 21.7 Å². The molecular weight excluding hydrogens is 452 g/mol. The monoisotopic (exact) mass is 480 g/mol. The van der Waals surface area contributed by atoms with Gasteiger partial charge in [-0.15, -0.1) is 0 Å². The molecule has 1 aliphatic rings. The van der Waals surface area contributed by atoms with E-state index in [0.717, 1.165) is 39.8 Å². The summed E-state index contributed by atoms with van der Waals surface area (Å²) < 4.78 is 6.04. The third-order valence-electron chi connectivity index (χ3n) is 6.30. The first-order valence-electron chi connectivity index (χ1n) is 11.8. The van der Waals surface area contributed by atoms with Crippen LogP contribution in [0.25, 0.3) is 22.0 Å². The summed E-state index contributed by atoms with van der Waals surface area (Å²) in [6.45, 7) is 6.06. The highest BCUT2D eigenvalue weighted by Crippen LogP contribution is 2.31. The van der Waals surface area contributed by atoms with Crippen molar-refractivity contribution in [1.29, 1.82) is 0 Å². The summed E-state index contributed by atoms with van der Waals surface area (Å²) in [5.74, 6) is 0.233. The summed E-state index contributed by atoms with van der Waals surface area (Å²) in [5, 5.41) is 10.4. The number of amides is 1. The Labute approximate surface area is 209 Å². The first-order chi connectivity index (χ1) is 17.6. The fourth-order valence-electron chi connectivity index (χ4n) is 4.39. The molecule has 1 fully saturated rings. The number of carbonyl (C=O) groups excluding carboxylic acids is 1. The maximum absolute atomic E-state index is 11.7. The number of hydrogen-bond donors (Lipinski definition) is 4. The van der Waals surface area contributed by atoms with Crippen molar-refractivity contribution in [2.45, 2.75) is 5.60 Å². The molecule has 4 aromatic rings. The summed E-state index contributed by atoms with van der Waals surface area (Å²) in [6, 6.07) is 21.6. The van der Waals surface area contributed by atoms with Crippen molar-refractivity contribution in [3.63, 3.8) is 0 Å². The third-order valence-corrected chi connectivity index (χ3v) is 6.30. The molecule has 1 atom stereocenters. The lowest BCUT2D eigenvalue weighted by Gasteiger charge is -2.37. The molecule has 8 nitrogen and oxygen atoms in total. The van der Waals surface area contributed by atoms with Gasteiger partial charge in [0.05, 0.1) is 12.1 Å². The van der Waals surface area contributed by atoms with Gasteiger partial charge in [-0.25, -0.2) is 9.97 Å². The van der Waals surface area contributed by atoms with Gasteiger partial charge in [0.1, 0.15) is 5.60 Å². The standard InChI is InChI=1S/C28H28N6O2/c1-2-25(35)32-23-7-3-5-19(15-23)24-8-4-6-20-16-31-27(34-26(20)24)33-22-11-9-21(10-12-22)28(17-29)18-30-13-14-36-28/h2-12,15-16,30H,1,13-14,17-18,29H2,(H,32,35)(H,31,33,34)/t28-/m1/s1. The van der Waals surface area contributed by atoms with Gasteiger partial charge in [0.15, 0.2) is 0 Å². The number of anilines is 3. The minimum absolute atomic E-state index is 0.256. The highest BCUT2D eigenvalue weighted by molar-refractivity contribution is 6.00. The summed E-state index contributed by atoms with van der Waals surface area (Å²) in [7, 11) is 0. The number of rotatable bonds is 7. The van der Waals surface area contributed by atoms with Crippen molar-refractivity contribution in [2.24, 2.45) is 5.73 Å². The van der Waals surface area contributed by atoms with Crippen LogP contribution in [0.5, 0.6) is 0 Å². The number of aromatic nitrogens is 2. The molecule has 1 aromatic heterocycles. The number of carbonyl (C=O) groups is 1. The molecule has 5 N–H and O–H groups in total. The van der Waals surface area contributed by atoms with Gasteiger partial charge in [0.25, 0.3) is 0 Å².